The predicted octanol–water partition coefficient (Wildman–Crippen LogP) is 4.01. The molecular formula is C17H27ClN2O. The zero-order valence-electron chi connectivity index (χ0n) is 13.3. The Kier molecular flexibility index (Phi) is 7.76. The van der Waals surface area contributed by atoms with Crippen LogP contribution < -0.4 is 5.73 Å². The van der Waals surface area contributed by atoms with Gasteiger partial charge in [-0.1, -0.05) is 37.1 Å². The molecule has 2 N–H and O–H groups in total. The molecule has 0 aliphatic heterocycles. The minimum atomic E-state index is 0.0596. The number of hydrogen-bond acceptors (Lipinski definition) is 2. The second kappa shape index (κ2) is 9.06. The van der Waals surface area contributed by atoms with Gasteiger partial charge in [-0.15, -0.1) is 0 Å². The van der Waals surface area contributed by atoms with Crippen LogP contribution in [0.25, 0.3) is 0 Å². The number of nitrogens with two attached hydrogens (primary N) is 1. The standard InChI is InChI=1S/C17H27ClN2O/c1-4-14(11-12-19)5-10-17(21)20(3)13(2)15-6-8-16(18)9-7-15/h6-9,13-14H,4-5,10-12,19H2,1-3H3. The number of hydrogen-bond donors (Lipinski definition) is 1. The van der Waals surface area contributed by atoms with Crippen molar-refractivity contribution < 1.29 is 4.79 Å². The van der Waals surface area contributed by atoms with Crippen LogP contribution in [0.3, 0.4) is 0 Å². The van der Waals surface area contributed by atoms with Gasteiger partial charge >= 0.3 is 0 Å². The molecule has 0 heterocycles. The molecule has 0 aliphatic rings. The second-order valence-electron chi connectivity index (χ2n) is 5.62. The third-order valence-corrected chi connectivity index (χ3v) is 4.50. The van der Waals surface area contributed by atoms with E-state index in [2.05, 4.69) is 6.92 Å². The molecule has 3 nitrogen and oxygen atoms in total. The fraction of sp³-hybridized carbons (Fsp3) is 0.588. The number of nitrogens with zero attached hydrogens (tertiary/aromatic N) is 1. The minimum absolute atomic E-state index is 0.0596. The maximum Gasteiger partial charge on any atom is 0.222 e. The van der Waals surface area contributed by atoms with Crippen molar-refractivity contribution in [3.63, 3.8) is 0 Å². The largest absolute Gasteiger partial charge is 0.339 e. The highest BCUT2D eigenvalue weighted by Crippen LogP contribution is 2.23. The summed E-state index contributed by atoms with van der Waals surface area (Å²) in [4.78, 5) is 14.1. The van der Waals surface area contributed by atoms with Crippen LogP contribution in [-0.4, -0.2) is 24.4 Å². The first-order valence-corrected chi connectivity index (χ1v) is 8.08. The highest BCUT2D eigenvalue weighted by Gasteiger charge is 2.18. The number of rotatable bonds is 8. The molecule has 0 aliphatic carbocycles. The fourth-order valence-electron chi connectivity index (χ4n) is 2.47. The molecule has 0 spiro atoms. The lowest BCUT2D eigenvalue weighted by atomic mass is 9.96. The van der Waals surface area contributed by atoms with Gasteiger partial charge in [0.15, 0.2) is 0 Å². The van der Waals surface area contributed by atoms with Crippen LogP contribution in [-0.2, 0) is 4.79 Å². The summed E-state index contributed by atoms with van der Waals surface area (Å²) in [7, 11) is 1.87. The van der Waals surface area contributed by atoms with Crippen LogP contribution in [0.2, 0.25) is 5.02 Å². The Balaban J connectivity index is 2.55. The van der Waals surface area contributed by atoms with Gasteiger partial charge in [0.25, 0.3) is 0 Å². The molecule has 4 heteroatoms. The number of benzene rings is 1. The van der Waals surface area contributed by atoms with E-state index in [1.165, 1.54) is 0 Å². The number of amides is 1. The van der Waals surface area contributed by atoms with Gasteiger partial charge in [-0.25, -0.2) is 0 Å². The maximum absolute atomic E-state index is 12.3. The molecular weight excluding hydrogens is 284 g/mol. The van der Waals surface area contributed by atoms with Crippen molar-refractivity contribution in [2.45, 2.75) is 45.6 Å². The van der Waals surface area contributed by atoms with E-state index in [4.69, 9.17) is 17.3 Å². The van der Waals surface area contributed by atoms with Gasteiger partial charge in [-0.2, -0.15) is 0 Å². The number of halogens is 1. The summed E-state index contributed by atoms with van der Waals surface area (Å²) in [5.74, 6) is 0.742. The molecule has 0 bridgehead atoms. The van der Waals surface area contributed by atoms with Crippen LogP contribution in [0.4, 0.5) is 0 Å². The zero-order chi connectivity index (χ0) is 15.8. The molecule has 21 heavy (non-hydrogen) atoms. The van der Waals surface area contributed by atoms with Crippen LogP contribution in [0, 0.1) is 5.92 Å². The Morgan fingerprint density at radius 1 is 1.29 bits per heavy atom. The molecule has 1 aromatic rings. The first-order chi connectivity index (χ1) is 9.99. The van der Waals surface area contributed by atoms with Crippen LogP contribution >= 0.6 is 11.6 Å². The Bertz CT molecular complexity index is 433. The summed E-state index contributed by atoms with van der Waals surface area (Å²) in [5.41, 5.74) is 6.70. The summed E-state index contributed by atoms with van der Waals surface area (Å²) < 4.78 is 0. The van der Waals surface area contributed by atoms with Gasteiger partial charge < -0.3 is 10.6 Å². The van der Waals surface area contributed by atoms with Gasteiger partial charge in [-0.3, -0.25) is 4.79 Å². The maximum atomic E-state index is 12.3. The van der Waals surface area contributed by atoms with E-state index in [9.17, 15) is 4.79 Å². The van der Waals surface area contributed by atoms with Crippen molar-refractivity contribution in [3.8, 4) is 0 Å². The average molecular weight is 311 g/mol. The van der Waals surface area contributed by atoms with E-state index in [-0.39, 0.29) is 11.9 Å². The smallest absolute Gasteiger partial charge is 0.222 e. The second-order valence-corrected chi connectivity index (χ2v) is 6.06. The van der Waals surface area contributed by atoms with E-state index < -0.39 is 0 Å². The molecule has 1 amide bonds. The van der Waals surface area contributed by atoms with Crippen molar-refractivity contribution in [1.82, 2.24) is 4.90 Å². The lowest BCUT2D eigenvalue weighted by Gasteiger charge is -2.26. The van der Waals surface area contributed by atoms with E-state index in [0.717, 1.165) is 24.8 Å². The quantitative estimate of drug-likeness (QED) is 0.788. The van der Waals surface area contributed by atoms with Crippen molar-refractivity contribution in [2.24, 2.45) is 11.7 Å². The van der Waals surface area contributed by atoms with Crippen molar-refractivity contribution in [1.29, 1.82) is 0 Å². The fourth-order valence-corrected chi connectivity index (χ4v) is 2.60. The Morgan fingerprint density at radius 3 is 2.43 bits per heavy atom. The summed E-state index contributed by atoms with van der Waals surface area (Å²) >= 11 is 5.90. The van der Waals surface area contributed by atoms with Crippen LogP contribution in [0.15, 0.2) is 24.3 Å². The highest BCUT2D eigenvalue weighted by atomic mass is 35.5. The van der Waals surface area contributed by atoms with Crippen molar-refractivity contribution in [3.05, 3.63) is 34.9 Å². The summed E-state index contributed by atoms with van der Waals surface area (Å²) in [6, 6.07) is 7.73. The van der Waals surface area contributed by atoms with Gasteiger partial charge in [0.05, 0.1) is 6.04 Å². The van der Waals surface area contributed by atoms with E-state index in [0.29, 0.717) is 23.9 Å². The summed E-state index contributed by atoms with van der Waals surface area (Å²) in [5, 5.41) is 0.715. The lowest BCUT2D eigenvalue weighted by molar-refractivity contribution is -0.132. The summed E-state index contributed by atoms with van der Waals surface area (Å²) in [6.07, 6.45) is 3.60. The zero-order valence-corrected chi connectivity index (χ0v) is 14.1. The molecule has 1 aromatic carbocycles. The molecule has 2 unspecified atom stereocenters. The van der Waals surface area contributed by atoms with Gasteiger partial charge in [0.2, 0.25) is 5.91 Å². The Morgan fingerprint density at radius 2 is 1.90 bits per heavy atom. The summed E-state index contributed by atoms with van der Waals surface area (Å²) in [6.45, 7) is 4.90. The van der Waals surface area contributed by atoms with Crippen LogP contribution in [0.5, 0.6) is 0 Å². The molecule has 0 aromatic heterocycles. The number of carbonyl (C=O) groups is 1. The predicted molar refractivity (Wildman–Crippen MR) is 89.3 cm³/mol. The first kappa shape index (κ1) is 18.0. The monoisotopic (exact) mass is 310 g/mol. The SMILES string of the molecule is CCC(CCN)CCC(=O)N(C)C(C)c1ccc(Cl)cc1. The minimum Gasteiger partial charge on any atom is -0.339 e. The van der Waals surface area contributed by atoms with Gasteiger partial charge in [-0.05, 0) is 49.9 Å². The van der Waals surface area contributed by atoms with Crippen LogP contribution in [0.1, 0.15) is 51.1 Å². The first-order valence-electron chi connectivity index (χ1n) is 7.70. The molecule has 0 fully saturated rings. The van der Waals surface area contributed by atoms with Gasteiger partial charge in [0.1, 0.15) is 0 Å². The molecule has 2 atom stereocenters. The molecule has 1 rings (SSSR count). The third kappa shape index (κ3) is 5.68. The van der Waals surface area contributed by atoms with E-state index >= 15 is 0 Å². The molecule has 0 saturated carbocycles. The Hall–Kier alpha value is -1.06. The van der Waals surface area contributed by atoms with Crippen molar-refractivity contribution in [2.75, 3.05) is 13.6 Å². The van der Waals surface area contributed by atoms with Crippen molar-refractivity contribution >= 4 is 17.5 Å². The molecule has 0 saturated heterocycles. The Labute approximate surface area is 133 Å². The normalized spacial score (nSPS) is 13.8. The third-order valence-electron chi connectivity index (χ3n) is 4.25. The average Bonchev–Trinajstić information content (AvgIpc) is 2.50. The topological polar surface area (TPSA) is 46.3 Å². The van der Waals surface area contributed by atoms with E-state index in [1.807, 2.05) is 43.1 Å². The molecule has 0 radical (unpaired) electrons. The van der Waals surface area contributed by atoms with E-state index in [1.54, 1.807) is 0 Å². The number of carbonyl (C=O) groups excluding carboxylic acids is 1. The highest BCUT2D eigenvalue weighted by molar-refractivity contribution is 6.30. The molecule has 118 valence electrons. The lowest BCUT2D eigenvalue weighted by Crippen LogP contribution is -2.30. The van der Waals surface area contributed by atoms with Gasteiger partial charge in [0, 0.05) is 18.5 Å².